The molecular weight excluding hydrogens is 257 g/mol. The Bertz CT molecular complexity index is 563. The second-order valence-corrected chi connectivity index (χ2v) is 4.17. The quantitative estimate of drug-likeness (QED) is 0.921. The summed E-state index contributed by atoms with van der Waals surface area (Å²) < 4.78 is 42.6. The van der Waals surface area contributed by atoms with Gasteiger partial charge in [-0.05, 0) is 24.6 Å². The SMILES string of the molecule is CO[C@@H](C)c1cccc(-c2cc(C(F)(F)F)[nH]n2)c1. The maximum absolute atomic E-state index is 12.5. The smallest absolute Gasteiger partial charge is 0.377 e. The highest BCUT2D eigenvalue weighted by Gasteiger charge is 2.33. The molecule has 1 atom stereocenters. The fourth-order valence-electron chi connectivity index (χ4n) is 1.70. The lowest BCUT2D eigenvalue weighted by molar-refractivity contribution is -0.141. The van der Waals surface area contributed by atoms with Gasteiger partial charge in [-0.25, -0.2) is 0 Å². The Morgan fingerprint density at radius 3 is 2.58 bits per heavy atom. The second kappa shape index (κ2) is 5.05. The minimum absolute atomic E-state index is 0.124. The number of benzene rings is 1. The van der Waals surface area contributed by atoms with Gasteiger partial charge >= 0.3 is 6.18 Å². The molecule has 19 heavy (non-hydrogen) atoms. The van der Waals surface area contributed by atoms with E-state index in [4.69, 9.17) is 4.74 Å². The molecule has 0 fully saturated rings. The zero-order chi connectivity index (χ0) is 14.0. The number of nitrogens with zero attached hydrogens (tertiary/aromatic N) is 1. The standard InChI is InChI=1S/C13H13F3N2O/c1-8(19-2)9-4-3-5-10(6-9)11-7-12(18-17-11)13(14,15)16/h3-8H,1-2H3,(H,17,18)/t8-/m0/s1. The van der Waals surface area contributed by atoms with Crippen LogP contribution in [0.1, 0.15) is 24.3 Å². The first-order valence-electron chi connectivity index (χ1n) is 5.67. The van der Waals surface area contributed by atoms with Crippen LogP contribution in [0.15, 0.2) is 30.3 Å². The van der Waals surface area contributed by atoms with Crippen molar-refractivity contribution in [3.63, 3.8) is 0 Å². The number of aromatic nitrogens is 2. The average Bonchev–Trinajstić information content (AvgIpc) is 2.87. The van der Waals surface area contributed by atoms with Crippen molar-refractivity contribution in [3.05, 3.63) is 41.6 Å². The van der Waals surface area contributed by atoms with Crippen molar-refractivity contribution in [1.82, 2.24) is 10.2 Å². The number of methoxy groups -OCH3 is 1. The number of hydrogen-bond acceptors (Lipinski definition) is 2. The molecular formula is C13H13F3N2O. The highest BCUT2D eigenvalue weighted by molar-refractivity contribution is 5.60. The van der Waals surface area contributed by atoms with E-state index in [9.17, 15) is 13.2 Å². The van der Waals surface area contributed by atoms with Crippen LogP contribution < -0.4 is 0 Å². The van der Waals surface area contributed by atoms with E-state index in [1.54, 1.807) is 25.3 Å². The first-order chi connectivity index (χ1) is 8.91. The Morgan fingerprint density at radius 2 is 2.00 bits per heavy atom. The number of H-pyrrole nitrogens is 1. The lowest BCUT2D eigenvalue weighted by Crippen LogP contribution is -2.04. The van der Waals surface area contributed by atoms with Crippen molar-refractivity contribution < 1.29 is 17.9 Å². The first kappa shape index (κ1) is 13.6. The van der Waals surface area contributed by atoms with Gasteiger partial charge in [0, 0.05) is 12.7 Å². The maximum Gasteiger partial charge on any atom is 0.432 e. The molecule has 0 saturated heterocycles. The molecule has 3 nitrogen and oxygen atoms in total. The van der Waals surface area contributed by atoms with E-state index in [1.807, 2.05) is 18.1 Å². The van der Waals surface area contributed by atoms with Gasteiger partial charge in [0.05, 0.1) is 11.8 Å². The van der Waals surface area contributed by atoms with Crippen LogP contribution in [-0.4, -0.2) is 17.3 Å². The molecule has 1 aromatic heterocycles. The molecule has 0 saturated carbocycles. The second-order valence-electron chi connectivity index (χ2n) is 4.17. The molecule has 0 radical (unpaired) electrons. The van der Waals surface area contributed by atoms with Gasteiger partial charge in [-0.1, -0.05) is 18.2 Å². The third kappa shape index (κ3) is 2.96. The zero-order valence-electron chi connectivity index (χ0n) is 10.5. The Labute approximate surface area is 108 Å². The van der Waals surface area contributed by atoms with Crippen LogP contribution in [0.5, 0.6) is 0 Å². The molecule has 2 rings (SSSR count). The molecule has 6 heteroatoms. The van der Waals surface area contributed by atoms with Gasteiger partial charge < -0.3 is 4.74 Å². The predicted molar refractivity (Wildman–Crippen MR) is 64.4 cm³/mol. The summed E-state index contributed by atoms with van der Waals surface area (Å²) in [5.41, 5.74) is 0.912. The summed E-state index contributed by atoms with van der Waals surface area (Å²) in [4.78, 5) is 0. The van der Waals surface area contributed by atoms with Crippen molar-refractivity contribution in [1.29, 1.82) is 0 Å². The van der Waals surface area contributed by atoms with Gasteiger partial charge in [0.1, 0.15) is 5.69 Å². The fraction of sp³-hybridized carbons (Fsp3) is 0.308. The van der Waals surface area contributed by atoms with Crippen molar-refractivity contribution in [3.8, 4) is 11.3 Å². The monoisotopic (exact) mass is 270 g/mol. The van der Waals surface area contributed by atoms with Gasteiger partial charge in [-0.2, -0.15) is 18.3 Å². The normalized spacial score (nSPS) is 13.5. The van der Waals surface area contributed by atoms with Crippen LogP contribution in [0, 0.1) is 0 Å². The summed E-state index contributed by atoms with van der Waals surface area (Å²) in [6.45, 7) is 1.87. The Hall–Kier alpha value is -1.82. The highest BCUT2D eigenvalue weighted by Crippen LogP contribution is 2.31. The molecule has 0 aliphatic rings. The van der Waals surface area contributed by atoms with Gasteiger partial charge in [0.15, 0.2) is 0 Å². The summed E-state index contributed by atoms with van der Waals surface area (Å²) in [6, 6.07) is 8.10. The summed E-state index contributed by atoms with van der Waals surface area (Å²) in [7, 11) is 1.58. The summed E-state index contributed by atoms with van der Waals surface area (Å²) in [6.07, 6.45) is -4.54. The van der Waals surface area contributed by atoms with Crippen molar-refractivity contribution in [2.24, 2.45) is 0 Å². The van der Waals surface area contributed by atoms with Crippen molar-refractivity contribution in [2.75, 3.05) is 7.11 Å². The van der Waals surface area contributed by atoms with Crippen molar-refractivity contribution >= 4 is 0 Å². The fourth-order valence-corrected chi connectivity index (χ4v) is 1.70. The third-order valence-corrected chi connectivity index (χ3v) is 2.89. The minimum atomic E-state index is -4.41. The van der Waals surface area contributed by atoms with Crippen LogP contribution in [0.2, 0.25) is 0 Å². The number of rotatable bonds is 3. The average molecular weight is 270 g/mol. The lowest BCUT2D eigenvalue weighted by atomic mass is 10.0. The summed E-state index contributed by atoms with van der Waals surface area (Å²) >= 11 is 0. The number of hydrogen-bond donors (Lipinski definition) is 1. The highest BCUT2D eigenvalue weighted by atomic mass is 19.4. The number of alkyl halides is 3. The molecule has 1 N–H and O–H groups in total. The molecule has 0 aliphatic carbocycles. The molecule has 0 aliphatic heterocycles. The molecule has 1 aromatic carbocycles. The van der Waals surface area contributed by atoms with Gasteiger partial charge in [-0.3, -0.25) is 5.10 Å². The maximum atomic E-state index is 12.5. The molecule has 2 aromatic rings. The first-order valence-corrected chi connectivity index (χ1v) is 5.67. The Balaban J connectivity index is 2.34. The van der Waals surface area contributed by atoms with E-state index in [0.717, 1.165) is 11.6 Å². The zero-order valence-corrected chi connectivity index (χ0v) is 10.5. The van der Waals surface area contributed by atoms with Crippen LogP contribution >= 0.6 is 0 Å². The van der Waals surface area contributed by atoms with E-state index in [-0.39, 0.29) is 11.8 Å². The molecule has 102 valence electrons. The third-order valence-electron chi connectivity index (χ3n) is 2.89. The molecule has 0 bridgehead atoms. The van der Waals surface area contributed by atoms with E-state index < -0.39 is 11.9 Å². The number of nitrogens with one attached hydrogen (secondary N) is 1. The number of aromatic amines is 1. The van der Waals surface area contributed by atoms with E-state index in [2.05, 4.69) is 5.10 Å². The Kier molecular flexibility index (Phi) is 3.61. The summed E-state index contributed by atoms with van der Waals surface area (Å²) in [5.74, 6) is 0. The molecule has 0 amide bonds. The summed E-state index contributed by atoms with van der Waals surface area (Å²) in [5, 5.41) is 5.69. The molecule has 0 unspecified atom stereocenters. The topological polar surface area (TPSA) is 37.9 Å². The molecule has 0 spiro atoms. The molecule has 1 heterocycles. The van der Waals surface area contributed by atoms with Crippen LogP contribution in [-0.2, 0) is 10.9 Å². The lowest BCUT2D eigenvalue weighted by Gasteiger charge is -2.10. The number of halogens is 3. The van der Waals surface area contributed by atoms with Crippen LogP contribution in [0.25, 0.3) is 11.3 Å². The predicted octanol–water partition coefficient (Wildman–Crippen LogP) is 3.80. The number of ether oxygens (including phenoxy) is 1. The Morgan fingerprint density at radius 1 is 1.26 bits per heavy atom. The van der Waals surface area contributed by atoms with Gasteiger partial charge in [-0.15, -0.1) is 0 Å². The van der Waals surface area contributed by atoms with Crippen molar-refractivity contribution in [2.45, 2.75) is 19.2 Å². The largest absolute Gasteiger partial charge is 0.432 e. The van der Waals surface area contributed by atoms with E-state index in [1.165, 1.54) is 0 Å². The van der Waals surface area contributed by atoms with Gasteiger partial charge in [0.25, 0.3) is 0 Å². The van der Waals surface area contributed by atoms with Crippen LogP contribution in [0.3, 0.4) is 0 Å². The van der Waals surface area contributed by atoms with Crippen LogP contribution in [0.4, 0.5) is 13.2 Å². The van der Waals surface area contributed by atoms with Gasteiger partial charge in [0.2, 0.25) is 0 Å². The minimum Gasteiger partial charge on any atom is -0.377 e. The van der Waals surface area contributed by atoms with E-state index in [0.29, 0.717) is 5.56 Å². The van der Waals surface area contributed by atoms with E-state index >= 15 is 0 Å².